The molecule has 0 saturated carbocycles. The second kappa shape index (κ2) is 10.0. The smallest absolute Gasteiger partial charge is 0.302 e. The molecule has 0 bridgehead atoms. The molecule has 2 aromatic heterocycles. The van der Waals surface area contributed by atoms with Crippen molar-refractivity contribution in [1.82, 2.24) is 19.3 Å². The predicted molar refractivity (Wildman–Crippen MR) is 137 cm³/mol. The molecule has 3 heterocycles. The number of nitrogens with zero attached hydrogens (tertiary/aromatic N) is 5. The summed E-state index contributed by atoms with van der Waals surface area (Å²) in [6.07, 6.45) is 5.89. The number of halogens is 1. The summed E-state index contributed by atoms with van der Waals surface area (Å²) >= 11 is 6.45. The fourth-order valence-electron chi connectivity index (χ4n) is 4.66. The van der Waals surface area contributed by atoms with Gasteiger partial charge < -0.3 is 14.7 Å². The van der Waals surface area contributed by atoms with E-state index in [0.29, 0.717) is 46.1 Å². The maximum atomic E-state index is 9.56. The molecular weight excluding hydrogens is 462 g/mol. The normalized spacial score (nSPS) is 16.3. The second-order valence-corrected chi connectivity index (χ2v) is 9.35. The summed E-state index contributed by atoms with van der Waals surface area (Å²) in [4.78, 5) is 15.5. The molecule has 35 heavy (non-hydrogen) atoms. The van der Waals surface area contributed by atoms with Gasteiger partial charge in [0.25, 0.3) is 0 Å². The molecule has 1 atom stereocenters. The lowest BCUT2D eigenvalue weighted by Gasteiger charge is -2.29. The van der Waals surface area contributed by atoms with Crippen molar-refractivity contribution < 1.29 is 9.84 Å². The number of aliphatic hydroxyl groups excluding tert-OH is 1. The van der Waals surface area contributed by atoms with E-state index in [1.807, 2.05) is 40.9 Å². The van der Waals surface area contributed by atoms with Gasteiger partial charge in [-0.25, -0.2) is 9.83 Å². The summed E-state index contributed by atoms with van der Waals surface area (Å²) < 4.78 is 8.17. The van der Waals surface area contributed by atoms with Gasteiger partial charge in [-0.1, -0.05) is 48.0 Å². The fraction of sp³-hybridized carbons (Fsp3) is 0.296. The van der Waals surface area contributed by atoms with Crippen LogP contribution in [0, 0.1) is 12.5 Å². The Morgan fingerprint density at radius 1 is 1.20 bits per heavy atom. The van der Waals surface area contributed by atoms with Crippen molar-refractivity contribution in [2.45, 2.75) is 19.4 Å². The molecule has 8 heteroatoms. The molecule has 2 aromatic carbocycles. The minimum atomic E-state index is -0.135. The first-order valence-corrected chi connectivity index (χ1v) is 12.0. The Bertz CT molecular complexity index is 1390. The number of imidazole rings is 1. The van der Waals surface area contributed by atoms with Gasteiger partial charge in [0.05, 0.1) is 31.0 Å². The molecule has 7 nitrogen and oxygen atoms in total. The van der Waals surface area contributed by atoms with Crippen LogP contribution in [-0.2, 0) is 6.61 Å². The Morgan fingerprint density at radius 3 is 2.71 bits per heavy atom. The standard InChI is InChI=1S/C27H26ClN5O2/c1-29-22-9-7-19(8-10-22)25-24(20-5-6-21(16-34)23(28)14-20)26-30-11-13-33(26)27(31-25)35-17-18-4-3-12-32(2)15-18/h5-11,13-14,18,34H,3-4,12,15-17H2,2H3/t18-/m1/s1. The predicted octanol–water partition coefficient (Wildman–Crippen LogP) is 5.48. The van der Waals surface area contributed by atoms with Crippen LogP contribution >= 0.6 is 11.6 Å². The monoisotopic (exact) mass is 487 g/mol. The number of benzene rings is 2. The van der Waals surface area contributed by atoms with E-state index in [4.69, 9.17) is 27.9 Å². The number of aliphatic hydroxyl groups is 1. The summed E-state index contributed by atoms with van der Waals surface area (Å²) in [6, 6.07) is 13.4. The van der Waals surface area contributed by atoms with Gasteiger partial charge in [-0.2, -0.15) is 4.98 Å². The van der Waals surface area contributed by atoms with Crippen LogP contribution in [0.4, 0.5) is 5.69 Å². The highest BCUT2D eigenvalue weighted by Gasteiger charge is 2.22. The Morgan fingerprint density at radius 2 is 2.00 bits per heavy atom. The van der Waals surface area contributed by atoms with Crippen LogP contribution in [-0.4, -0.2) is 51.1 Å². The first kappa shape index (κ1) is 23.3. The van der Waals surface area contributed by atoms with Crippen LogP contribution < -0.4 is 4.74 Å². The maximum absolute atomic E-state index is 9.56. The molecule has 1 N–H and O–H groups in total. The summed E-state index contributed by atoms with van der Waals surface area (Å²) in [5.74, 6) is 0.444. The number of fused-ring (bicyclic) bond motifs is 1. The number of likely N-dealkylation sites (tertiary alicyclic amines) is 1. The minimum Gasteiger partial charge on any atom is -0.464 e. The minimum absolute atomic E-state index is 0.135. The Kier molecular flexibility index (Phi) is 6.69. The van der Waals surface area contributed by atoms with E-state index < -0.39 is 0 Å². The van der Waals surface area contributed by atoms with Crippen molar-refractivity contribution in [2.75, 3.05) is 26.7 Å². The molecule has 0 amide bonds. The summed E-state index contributed by atoms with van der Waals surface area (Å²) in [5, 5.41) is 10.0. The molecule has 1 saturated heterocycles. The van der Waals surface area contributed by atoms with Crippen molar-refractivity contribution in [3.63, 3.8) is 0 Å². The zero-order valence-electron chi connectivity index (χ0n) is 19.5. The molecular formula is C27H26ClN5O2. The maximum Gasteiger partial charge on any atom is 0.302 e. The number of aromatic nitrogens is 3. The van der Waals surface area contributed by atoms with Gasteiger partial charge in [-0.15, -0.1) is 0 Å². The van der Waals surface area contributed by atoms with Crippen molar-refractivity contribution in [3.05, 3.63) is 76.9 Å². The first-order valence-electron chi connectivity index (χ1n) is 11.6. The number of ether oxygens (including phenoxy) is 1. The van der Waals surface area contributed by atoms with E-state index in [1.54, 1.807) is 18.3 Å². The SMILES string of the molecule is [C-]#[N+]c1ccc(-c2nc(OC[C@@H]3CCCN(C)C3)n3ccnc3c2-c2ccc(CO)c(Cl)c2)cc1. The van der Waals surface area contributed by atoms with E-state index in [9.17, 15) is 5.11 Å². The highest BCUT2D eigenvalue weighted by Crippen LogP contribution is 2.38. The second-order valence-electron chi connectivity index (χ2n) is 8.94. The highest BCUT2D eigenvalue weighted by molar-refractivity contribution is 6.31. The van der Waals surface area contributed by atoms with Crippen LogP contribution in [0.3, 0.4) is 0 Å². The van der Waals surface area contributed by atoms with Gasteiger partial charge in [0.15, 0.2) is 11.3 Å². The molecule has 4 aromatic rings. The first-order chi connectivity index (χ1) is 17.1. The number of rotatable bonds is 6. The van der Waals surface area contributed by atoms with Crippen molar-refractivity contribution in [3.8, 4) is 28.4 Å². The van der Waals surface area contributed by atoms with Crippen LogP contribution in [0.15, 0.2) is 54.9 Å². The molecule has 0 radical (unpaired) electrons. The van der Waals surface area contributed by atoms with Gasteiger partial charge >= 0.3 is 6.01 Å². The molecule has 178 valence electrons. The lowest BCUT2D eigenvalue weighted by Crippen LogP contribution is -2.35. The summed E-state index contributed by atoms with van der Waals surface area (Å²) in [6.45, 7) is 9.86. The summed E-state index contributed by atoms with van der Waals surface area (Å²) in [7, 11) is 2.14. The number of hydrogen-bond donors (Lipinski definition) is 1. The number of piperidine rings is 1. The van der Waals surface area contributed by atoms with Gasteiger partial charge in [-0.3, -0.25) is 4.40 Å². The van der Waals surface area contributed by atoms with E-state index >= 15 is 0 Å². The lowest BCUT2D eigenvalue weighted by atomic mass is 9.98. The molecule has 0 aliphatic carbocycles. The van der Waals surface area contributed by atoms with Crippen LogP contribution in [0.5, 0.6) is 6.01 Å². The molecule has 1 fully saturated rings. The van der Waals surface area contributed by atoms with Gasteiger partial charge in [0.2, 0.25) is 0 Å². The molecule has 5 rings (SSSR count). The molecule has 0 spiro atoms. The van der Waals surface area contributed by atoms with Crippen molar-refractivity contribution in [1.29, 1.82) is 0 Å². The lowest BCUT2D eigenvalue weighted by molar-refractivity contribution is 0.143. The third-order valence-corrected chi connectivity index (χ3v) is 6.82. The van der Waals surface area contributed by atoms with E-state index in [0.717, 1.165) is 36.2 Å². The third kappa shape index (κ3) is 4.73. The molecule has 0 unspecified atom stereocenters. The third-order valence-electron chi connectivity index (χ3n) is 6.47. The van der Waals surface area contributed by atoms with E-state index in [-0.39, 0.29) is 6.61 Å². The zero-order chi connectivity index (χ0) is 24.4. The van der Waals surface area contributed by atoms with E-state index in [1.165, 1.54) is 6.42 Å². The summed E-state index contributed by atoms with van der Waals surface area (Å²) in [5.41, 5.74) is 5.11. The van der Waals surface area contributed by atoms with Crippen LogP contribution in [0.25, 0.3) is 32.9 Å². The van der Waals surface area contributed by atoms with Crippen molar-refractivity contribution in [2.24, 2.45) is 5.92 Å². The van der Waals surface area contributed by atoms with Gasteiger partial charge in [-0.05, 0) is 49.2 Å². The topological polar surface area (TPSA) is 67.2 Å². The molecule has 1 aliphatic rings. The average Bonchev–Trinajstić information content (AvgIpc) is 3.37. The van der Waals surface area contributed by atoms with Crippen LogP contribution in [0.2, 0.25) is 5.02 Å². The fourth-order valence-corrected chi connectivity index (χ4v) is 4.90. The Hall–Kier alpha value is -3.44. The number of hydrogen-bond acceptors (Lipinski definition) is 5. The highest BCUT2D eigenvalue weighted by atomic mass is 35.5. The van der Waals surface area contributed by atoms with Gasteiger partial charge in [0.1, 0.15) is 0 Å². The Balaban J connectivity index is 1.63. The Labute approximate surface area is 209 Å². The molecule has 1 aliphatic heterocycles. The average molecular weight is 488 g/mol. The zero-order valence-corrected chi connectivity index (χ0v) is 20.2. The van der Waals surface area contributed by atoms with Crippen LogP contribution in [0.1, 0.15) is 18.4 Å². The largest absolute Gasteiger partial charge is 0.464 e. The van der Waals surface area contributed by atoms with Crippen molar-refractivity contribution >= 4 is 22.9 Å². The quantitative estimate of drug-likeness (QED) is 0.365. The van der Waals surface area contributed by atoms with E-state index in [2.05, 4.69) is 21.8 Å². The van der Waals surface area contributed by atoms with Gasteiger partial charge in [0, 0.05) is 29.9 Å².